The molecule has 0 aliphatic heterocycles. The molecule has 4 heteroatoms. The molecule has 0 saturated carbocycles. The van der Waals surface area contributed by atoms with Crippen LogP contribution in [0.5, 0.6) is 17.2 Å². The summed E-state index contributed by atoms with van der Waals surface area (Å²) in [6.07, 6.45) is 0.752. The van der Waals surface area contributed by atoms with E-state index in [-0.39, 0.29) is 0 Å². The van der Waals surface area contributed by atoms with Gasteiger partial charge in [-0.3, -0.25) is 4.79 Å². The maximum absolute atomic E-state index is 11.1. The zero-order chi connectivity index (χ0) is 16.8. The first kappa shape index (κ1) is 15.9. The van der Waals surface area contributed by atoms with Gasteiger partial charge in [-0.1, -0.05) is 36.4 Å². The van der Waals surface area contributed by atoms with Gasteiger partial charge in [-0.25, -0.2) is 0 Å². The van der Waals surface area contributed by atoms with E-state index in [1.165, 1.54) is 5.39 Å². The third kappa shape index (κ3) is 3.49. The smallest absolute Gasteiger partial charge is 0.171 e. The van der Waals surface area contributed by atoms with Crippen molar-refractivity contribution in [3.8, 4) is 17.2 Å². The lowest BCUT2D eigenvalue weighted by Crippen LogP contribution is -2.10. The molecule has 4 nitrogen and oxygen atoms in total. The predicted molar refractivity (Wildman–Crippen MR) is 93.3 cm³/mol. The first-order valence-corrected chi connectivity index (χ1v) is 7.68. The van der Waals surface area contributed by atoms with E-state index in [0.717, 1.165) is 17.4 Å². The molecule has 3 rings (SSSR count). The van der Waals surface area contributed by atoms with Crippen LogP contribution in [0.4, 0.5) is 0 Å². The van der Waals surface area contributed by atoms with Gasteiger partial charge in [-0.15, -0.1) is 0 Å². The summed E-state index contributed by atoms with van der Waals surface area (Å²) in [7, 11) is 1.54. The van der Waals surface area contributed by atoms with Gasteiger partial charge in [0.15, 0.2) is 17.8 Å². The molecule has 0 aliphatic carbocycles. The number of rotatable bonds is 7. The second-order valence-electron chi connectivity index (χ2n) is 5.20. The highest BCUT2D eigenvalue weighted by Gasteiger charge is 2.09. The maximum atomic E-state index is 11.1. The van der Waals surface area contributed by atoms with E-state index >= 15 is 0 Å². The molecule has 0 aliphatic rings. The molecule has 0 saturated heterocycles. The largest absolute Gasteiger partial charge is 0.493 e. The molecule has 0 heterocycles. The standard InChI is InChI=1S/C20H18O4/c1-22-19-8-4-7-17(14-21)20(19)24-12-11-23-18-10-9-15-5-2-3-6-16(15)13-18/h2-10,13-14H,11-12H2,1H3. The minimum atomic E-state index is 0.314. The van der Waals surface area contributed by atoms with Gasteiger partial charge < -0.3 is 14.2 Å². The van der Waals surface area contributed by atoms with E-state index in [0.29, 0.717) is 30.3 Å². The SMILES string of the molecule is COc1cccc(C=O)c1OCCOc1ccc2ccccc2c1. The maximum Gasteiger partial charge on any atom is 0.171 e. The summed E-state index contributed by atoms with van der Waals surface area (Å²) in [5.74, 6) is 1.76. The first-order valence-electron chi connectivity index (χ1n) is 7.68. The van der Waals surface area contributed by atoms with Crippen molar-refractivity contribution in [3.05, 3.63) is 66.2 Å². The number of aldehydes is 1. The van der Waals surface area contributed by atoms with Crippen molar-refractivity contribution in [1.29, 1.82) is 0 Å². The highest BCUT2D eigenvalue weighted by atomic mass is 16.5. The van der Waals surface area contributed by atoms with E-state index in [4.69, 9.17) is 14.2 Å². The number of fused-ring (bicyclic) bond motifs is 1. The summed E-state index contributed by atoms with van der Waals surface area (Å²) in [6.45, 7) is 0.683. The Bertz CT molecular complexity index is 842. The molecular weight excluding hydrogens is 304 g/mol. The van der Waals surface area contributed by atoms with Gasteiger partial charge in [0, 0.05) is 0 Å². The molecule has 0 atom stereocenters. The number of ether oxygens (including phenoxy) is 3. The highest BCUT2D eigenvalue weighted by Crippen LogP contribution is 2.30. The van der Waals surface area contributed by atoms with Gasteiger partial charge in [0.25, 0.3) is 0 Å². The van der Waals surface area contributed by atoms with Gasteiger partial charge >= 0.3 is 0 Å². The quantitative estimate of drug-likeness (QED) is 0.485. The third-order valence-electron chi connectivity index (χ3n) is 3.68. The minimum absolute atomic E-state index is 0.314. The minimum Gasteiger partial charge on any atom is -0.493 e. The van der Waals surface area contributed by atoms with E-state index in [2.05, 4.69) is 6.07 Å². The summed E-state index contributed by atoms with van der Waals surface area (Å²) in [5.41, 5.74) is 0.458. The summed E-state index contributed by atoms with van der Waals surface area (Å²) in [5, 5.41) is 2.30. The van der Waals surface area contributed by atoms with Crippen LogP contribution >= 0.6 is 0 Å². The van der Waals surface area contributed by atoms with Gasteiger partial charge in [-0.05, 0) is 35.0 Å². The fraction of sp³-hybridized carbons (Fsp3) is 0.150. The summed E-state index contributed by atoms with van der Waals surface area (Å²) < 4.78 is 16.6. The van der Waals surface area contributed by atoms with E-state index in [1.54, 1.807) is 25.3 Å². The van der Waals surface area contributed by atoms with E-state index in [1.807, 2.05) is 36.4 Å². The van der Waals surface area contributed by atoms with Crippen LogP contribution in [0.2, 0.25) is 0 Å². The Balaban J connectivity index is 1.61. The normalized spacial score (nSPS) is 10.4. The Morgan fingerprint density at radius 1 is 0.875 bits per heavy atom. The molecule has 3 aromatic carbocycles. The number of carbonyl (C=O) groups is 1. The lowest BCUT2D eigenvalue weighted by molar-refractivity contribution is 0.111. The van der Waals surface area contributed by atoms with Crippen LogP contribution in [0.15, 0.2) is 60.7 Å². The fourth-order valence-corrected chi connectivity index (χ4v) is 2.50. The van der Waals surface area contributed by atoms with Crippen molar-refractivity contribution in [2.75, 3.05) is 20.3 Å². The Morgan fingerprint density at radius 2 is 1.67 bits per heavy atom. The van der Waals surface area contributed by atoms with Gasteiger partial charge in [0.2, 0.25) is 0 Å². The molecule has 0 amide bonds. The zero-order valence-electron chi connectivity index (χ0n) is 13.4. The molecule has 0 bridgehead atoms. The monoisotopic (exact) mass is 322 g/mol. The van der Waals surface area contributed by atoms with Gasteiger partial charge in [0.1, 0.15) is 19.0 Å². The van der Waals surface area contributed by atoms with Crippen LogP contribution in [-0.2, 0) is 0 Å². The lowest BCUT2D eigenvalue weighted by Gasteiger charge is -2.13. The number of hydrogen-bond donors (Lipinski definition) is 0. The Kier molecular flexibility index (Phi) is 4.96. The zero-order valence-corrected chi connectivity index (χ0v) is 13.4. The Labute approximate surface area is 140 Å². The molecular formula is C20H18O4. The summed E-state index contributed by atoms with van der Waals surface area (Å²) >= 11 is 0. The molecule has 0 N–H and O–H groups in total. The number of hydrogen-bond acceptors (Lipinski definition) is 4. The van der Waals surface area contributed by atoms with Crippen LogP contribution in [0.3, 0.4) is 0 Å². The van der Waals surface area contributed by atoms with Crippen LogP contribution in [0.25, 0.3) is 10.8 Å². The second kappa shape index (κ2) is 7.51. The first-order chi connectivity index (χ1) is 11.8. The number of para-hydroxylation sites is 1. The Morgan fingerprint density at radius 3 is 2.46 bits per heavy atom. The highest BCUT2D eigenvalue weighted by molar-refractivity contribution is 5.83. The fourth-order valence-electron chi connectivity index (χ4n) is 2.50. The van der Waals surface area contributed by atoms with Crippen molar-refractivity contribution >= 4 is 17.1 Å². The second-order valence-corrected chi connectivity index (χ2v) is 5.20. The van der Waals surface area contributed by atoms with Crippen molar-refractivity contribution in [1.82, 2.24) is 0 Å². The van der Waals surface area contributed by atoms with E-state index in [9.17, 15) is 4.79 Å². The van der Waals surface area contributed by atoms with Crippen LogP contribution in [0, 0.1) is 0 Å². The number of carbonyl (C=O) groups excluding carboxylic acids is 1. The van der Waals surface area contributed by atoms with Crippen molar-refractivity contribution in [3.63, 3.8) is 0 Å². The van der Waals surface area contributed by atoms with Gasteiger partial charge in [0.05, 0.1) is 12.7 Å². The number of methoxy groups -OCH3 is 1. The van der Waals surface area contributed by atoms with Crippen LogP contribution < -0.4 is 14.2 Å². The number of benzene rings is 3. The topological polar surface area (TPSA) is 44.8 Å². The third-order valence-corrected chi connectivity index (χ3v) is 3.68. The molecule has 0 radical (unpaired) electrons. The lowest BCUT2D eigenvalue weighted by atomic mass is 10.1. The molecule has 24 heavy (non-hydrogen) atoms. The molecule has 0 unspecified atom stereocenters. The molecule has 3 aromatic rings. The van der Waals surface area contributed by atoms with Crippen molar-refractivity contribution in [2.24, 2.45) is 0 Å². The van der Waals surface area contributed by atoms with Crippen LogP contribution in [-0.4, -0.2) is 26.6 Å². The summed E-state index contributed by atoms with van der Waals surface area (Å²) in [4.78, 5) is 11.1. The molecule has 122 valence electrons. The van der Waals surface area contributed by atoms with Crippen LogP contribution in [0.1, 0.15) is 10.4 Å². The predicted octanol–water partition coefficient (Wildman–Crippen LogP) is 4.12. The molecule has 0 aromatic heterocycles. The average Bonchev–Trinajstić information content (AvgIpc) is 2.64. The molecule has 0 spiro atoms. The Hall–Kier alpha value is -3.01. The van der Waals surface area contributed by atoms with Crippen molar-refractivity contribution < 1.29 is 19.0 Å². The van der Waals surface area contributed by atoms with Crippen molar-refractivity contribution in [2.45, 2.75) is 0 Å². The van der Waals surface area contributed by atoms with E-state index < -0.39 is 0 Å². The van der Waals surface area contributed by atoms with Gasteiger partial charge in [-0.2, -0.15) is 0 Å². The average molecular weight is 322 g/mol. The summed E-state index contributed by atoms with van der Waals surface area (Å²) in [6, 6.07) is 19.3. The molecule has 0 fully saturated rings.